The van der Waals surface area contributed by atoms with E-state index < -0.39 is 9.84 Å². The van der Waals surface area contributed by atoms with Gasteiger partial charge in [0.1, 0.15) is 5.82 Å². The molecule has 0 aromatic carbocycles. The summed E-state index contributed by atoms with van der Waals surface area (Å²) in [6.07, 6.45) is 2.37. The number of nitrogens with two attached hydrogens (primary N) is 1. The summed E-state index contributed by atoms with van der Waals surface area (Å²) in [5.74, 6) is 1.11. The highest BCUT2D eigenvalue weighted by Gasteiger charge is 2.28. The molecule has 1 aliphatic rings. The van der Waals surface area contributed by atoms with Crippen molar-refractivity contribution in [3.63, 3.8) is 0 Å². The average molecular weight is 212 g/mol. The summed E-state index contributed by atoms with van der Waals surface area (Å²) in [7, 11) is -2.81. The molecular formula is C9H12N2O2S. The second kappa shape index (κ2) is 3.24. The fraction of sp³-hybridized carbons (Fsp3) is 0.444. The summed E-state index contributed by atoms with van der Waals surface area (Å²) in [6, 6.07) is 3.56. The molecule has 2 heterocycles. The third-order valence-electron chi connectivity index (χ3n) is 2.51. The molecule has 0 amide bonds. The molecule has 5 heteroatoms. The van der Waals surface area contributed by atoms with E-state index >= 15 is 0 Å². The Morgan fingerprint density at radius 3 is 2.71 bits per heavy atom. The lowest BCUT2D eigenvalue weighted by Gasteiger charge is -2.06. The minimum atomic E-state index is -2.81. The summed E-state index contributed by atoms with van der Waals surface area (Å²) >= 11 is 0. The maximum absolute atomic E-state index is 11.2. The van der Waals surface area contributed by atoms with Crippen molar-refractivity contribution in [1.82, 2.24) is 4.98 Å². The Balaban J connectivity index is 2.22. The standard InChI is InChI=1S/C9H12N2O2S/c10-9-2-1-7(5-11-9)8-3-4-14(12,13)6-8/h1-2,5,8H,3-4,6H2,(H2,10,11)/t8-/m0/s1. The molecule has 0 bridgehead atoms. The lowest BCUT2D eigenvalue weighted by atomic mass is 10.0. The molecule has 2 rings (SSSR count). The Labute approximate surface area is 83.1 Å². The fourth-order valence-electron chi connectivity index (χ4n) is 1.72. The van der Waals surface area contributed by atoms with E-state index in [0.717, 1.165) is 5.56 Å². The zero-order valence-electron chi connectivity index (χ0n) is 7.68. The predicted molar refractivity (Wildman–Crippen MR) is 54.7 cm³/mol. The molecule has 1 atom stereocenters. The summed E-state index contributed by atoms with van der Waals surface area (Å²) in [6.45, 7) is 0. The van der Waals surface area contributed by atoms with Crippen molar-refractivity contribution >= 4 is 15.7 Å². The van der Waals surface area contributed by atoms with E-state index in [1.54, 1.807) is 12.3 Å². The molecule has 1 saturated heterocycles. The van der Waals surface area contributed by atoms with Gasteiger partial charge in [0.05, 0.1) is 11.5 Å². The van der Waals surface area contributed by atoms with Crippen molar-refractivity contribution < 1.29 is 8.42 Å². The predicted octanol–water partition coefficient (Wildman–Crippen LogP) is 0.566. The second-order valence-corrected chi connectivity index (χ2v) is 5.85. The van der Waals surface area contributed by atoms with Gasteiger partial charge < -0.3 is 5.73 Å². The van der Waals surface area contributed by atoms with E-state index in [1.165, 1.54) is 0 Å². The summed E-state index contributed by atoms with van der Waals surface area (Å²) < 4.78 is 22.5. The van der Waals surface area contributed by atoms with Crippen molar-refractivity contribution in [2.45, 2.75) is 12.3 Å². The number of sulfone groups is 1. The summed E-state index contributed by atoms with van der Waals surface area (Å²) in [5.41, 5.74) is 6.42. The van der Waals surface area contributed by atoms with Crippen LogP contribution < -0.4 is 5.73 Å². The molecule has 2 N–H and O–H groups in total. The molecule has 4 nitrogen and oxygen atoms in total. The first-order valence-electron chi connectivity index (χ1n) is 4.49. The van der Waals surface area contributed by atoms with Crippen LogP contribution in [0.2, 0.25) is 0 Å². The van der Waals surface area contributed by atoms with Gasteiger partial charge in [-0.15, -0.1) is 0 Å². The highest BCUT2D eigenvalue weighted by atomic mass is 32.2. The highest BCUT2D eigenvalue weighted by Crippen LogP contribution is 2.28. The number of anilines is 1. The van der Waals surface area contributed by atoms with Gasteiger partial charge in [-0.05, 0) is 18.1 Å². The molecule has 76 valence electrons. The van der Waals surface area contributed by atoms with E-state index in [1.807, 2.05) is 6.07 Å². The van der Waals surface area contributed by atoms with Crippen molar-refractivity contribution in [2.24, 2.45) is 0 Å². The topological polar surface area (TPSA) is 73.1 Å². The maximum Gasteiger partial charge on any atom is 0.150 e. The van der Waals surface area contributed by atoms with Crippen molar-refractivity contribution in [3.05, 3.63) is 23.9 Å². The Morgan fingerprint density at radius 1 is 1.43 bits per heavy atom. The van der Waals surface area contributed by atoms with Crippen LogP contribution in [-0.4, -0.2) is 24.9 Å². The molecule has 0 radical (unpaired) electrons. The molecule has 1 aromatic rings. The molecule has 14 heavy (non-hydrogen) atoms. The molecule has 0 spiro atoms. The number of rotatable bonds is 1. The number of nitrogen functional groups attached to an aromatic ring is 1. The van der Waals surface area contributed by atoms with Crippen LogP contribution in [0.15, 0.2) is 18.3 Å². The lowest BCUT2D eigenvalue weighted by Crippen LogP contribution is -2.04. The smallest absolute Gasteiger partial charge is 0.150 e. The molecule has 0 saturated carbocycles. The lowest BCUT2D eigenvalue weighted by molar-refractivity contribution is 0.601. The van der Waals surface area contributed by atoms with E-state index in [9.17, 15) is 8.42 Å². The Morgan fingerprint density at radius 2 is 2.21 bits per heavy atom. The minimum absolute atomic E-state index is 0.105. The molecule has 1 aliphatic heterocycles. The van der Waals surface area contributed by atoms with E-state index in [-0.39, 0.29) is 11.7 Å². The molecule has 0 aliphatic carbocycles. The zero-order chi connectivity index (χ0) is 10.2. The van der Waals surface area contributed by atoms with Crippen molar-refractivity contribution in [2.75, 3.05) is 17.2 Å². The molecular weight excluding hydrogens is 200 g/mol. The quantitative estimate of drug-likeness (QED) is 0.738. The molecule has 0 unspecified atom stereocenters. The van der Waals surface area contributed by atoms with Gasteiger partial charge >= 0.3 is 0 Å². The highest BCUT2D eigenvalue weighted by molar-refractivity contribution is 7.91. The fourth-order valence-corrected chi connectivity index (χ4v) is 3.50. The van der Waals surface area contributed by atoms with Crippen LogP contribution in [0.3, 0.4) is 0 Å². The van der Waals surface area contributed by atoms with Crippen LogP contribution in [0, 0.1) is 0 Å². The summed E-state index contributed by atoms with van der Waals surface area (Å²) in [4.78, 5) is 3.95. The first-order chi connectivity index (χ1) is 6.57. The van der Waals surface area contributed by atoms with Gasteiger partial charge in [-0.1, -0.05) is 6.07 Å². The number of pyridine rings is 1. The van der Waals surface area contributed by atoms with Crippen LogP contribution in [0.5, 0.6) is 0 Å². The van der Waals surface area contributed by atoms with Crippen LogP contribution in [0.4, 0.5) is 5.82 Å². The van der Waals surface area contributed by atoms with E-state index in [0.29, 0.717) is 18.0 Å². The zero-order valence-corrected chi connectivity index (χ0v) is 8.50. The van der Waals surface area contributed by atoms with Crippen molar-refractivity contribution in [3.8, 4) is 0 Å². The Bertz CT molecular complexity index is 425. The first kappa shape index (κ1) is 9.45. The Hall–Kier alpha value is -1.10. The second-order valence-electron chi connectivity index (χ2n) is 3.62. The molecule has 1 aromatic heterocycles. The molecule has 1 fully saturated rings. The van der Waals surface area contributed by atoms with Gasteiger partial charge in [-0.3, -0.25) is 0 Å². The van der Waals surface area contributed by atoms with Crippen LogP contribution in [0.25, 0.3) is 0 Å². The normalized spacial score (nSPS) is 25.0. The number of hydrogen-bond donors (Lipinski definition) is 1. The first-order valence-corrected chi connectivity index (χ1v) is 6.31. The van der Waals surface area contributed by atoms with Crippen LogP contribution in [0.1, 0.15) is 17.9 Å². The van der Waals surface area contributed by atoms with E-state index in [2.05, 4.69) is 4.98 Å². The van der Waals surface area contributed by atoms with Gasteiger partial charge in [-0.25, -0.2) is 13.4 Å². The Kier molecular flexibility index (Phi) is 2.19. The third-order valence-corrected chi connectivity index (χ3v) is 4.28. The van der Waals surface area contributed by atoms with Gasteiger partial charge in [0.25, 0.3) is 0 Å². The average Bonchev–Trinajstić information content (AvgIpc) is 2.47. The minimum Gasteiger partial charge on any atom is -0.384 e. The summed E-state index contributed by atoms with van der Waals surface area (Å²) in [5, 5.41) is 0. The van der Waals surface area contributed by atoms with Crippen LogP contribution in [-0.2, 0) is 9.84 Å². The SMILES string of the molecule is Nc1ccc([C@H]2CCS(=O)(=O)C2)cn1. The van der Waals surface area contributed by atoms with Gasteiger partial charge in [0.15, 0.2) is 9.84 Å². The largest absolute Gasteiger partial charge is 0.384 e. The van der Waals surface area contributed by atoms with Gasteiger partial charge in [0.2, 0.25) is 0 Å². The third kappa shape index (κ3) is 1.87. The van der Waals surface area contributed by atoms with Gasteiger partial charge in [0, 0.05) is 12.1 Å². The van der Waals surface area contributed by atoms with E-state index in [4.69, 9.17) is 5.73 Å². The van der Waals surface area contributed by atoms with Gasteiger partial charge in [-0.2, -0.15) is 0 Å². The number of nitrogens with zero attached hydrogens (tertiary/aromatic N) is 1. The maximum atomic E-state index is 11.2. The number of aromatic nitrogens is 1. The van der Waals surface area contributed by atoms with Crippen LogP contribution >= 0.6 is 0 Å². The number of hydrogen-bond acceptors (Lipinski definition) is 4. The van der Waals surface area contributed by atoms with Crippen molar-refractivity contribution in [1.29, 1.82) is 0 Å². The monoisotopic (exact) mass is 212 g/mol.